The van der Waals surface area contributed by atoms with Gasteiger partial charge in [-0.05, 0) is 48.6 Å². The number of hydrogen-bond acceptors (Lipinski definition) is 2. The summed E-state index contributed by atoms with van der Waals surface area (Å²) in [6, 6.07) is 17.3. The van der Waals surface area contributed by atoms with Gasteiger partial charge in [0, 0.05) is 24.3 Å². The van der Waals surface area contributed by atoms with Crippen molar-refractivity contribution in [2.45, 2.75) is 52.1 Å². The molecule has 0 fully saturated rings. The van der Waals surface area contributed by atoms with Gasteiger partial charge in [0.05, 0.1) is 6.04 Å². The Balaban J connectivity index is 1.93. The first kappa shape index (κ1) is 16.6. The van der Waals surface area contributed by atoms with E-state index in [2.05, 4.69) is 56.4 Å². The van der Waals surface area contributed by atoms with Gasteiger partial charge in [0.25, 0.3) is 0 Å². The lowest BCUT2D eigenvalue weighted by Gasteiger charge is -2.39. The first-order chi connectivity index (χ1) is 11.5. The van der Waals surface area contributed by atoms with E-state index in [0.717, 1.165) is 17.8 Å². The number of nitrogens with one attached hydrogen (secondary N) is 1. The number of rotatable bonds is 3. The van der Waals surface area contributed by atoms with Gasteiger partial charge in [0.15, 0.2) is 0 Å². The summed E-state index contributed by atoms with van der Waals surface area (Å²) < 4.78 is 0. The number of nitrogens with zero attached hydrogens (tertiary/aromatic N) is 1. The lowest BCUT2D eigenvalue weighted by molar-refractivity contribution is -0.117. The third kappa shape index (κ3) is 3.16. The minimum absolute atomic E-state index is 0.107. The van der Waals surface area contributed by atoms with E-state index in [4.69, 9.17) is 0 Å². The highest BCUT2D eigenvalue weighted by atomic mass is 16.2. The monoisotopic (exact) mass is 322 g/mol. The number of hydrogen-bond donors (Lipinski definition) is 1. The molecular formula is C21H26N2O. The Labute approximate surface area is 144 Å². The summed E-state index contributed by atoms with van der Waals surface area (Å²) in [6.45, 7) is 8.19. The summed E-state index contributed by atoms with van der Waals surface area (Å²) in [7, 11) is 0. The molecule has 3 heteroatoms. The predicted molar refractivity (Wildman–Crippen MR) is 101 cm³/mol. The molecule has 2 atom stereocenters. The van der Waals surface area contributed by atoms with Crippen LogP contribution >= 0.6 is 0 Å². The Kier molecular flexibility index (Phi) is 4.61. The Morgan fingerprint density at radius 1 is 1.17 bits per heavy atom. The van der Waals surface area contributed by atoms with E-state index >= 15 is 0 Å². The van der Waals surface area contributed by atoms with Crippen LogP contribution in [-0.4, -0.2) is 11.9 Å². The Morgan fingerprint density at radius 3 is 2.62 bits per heavy atom. The van der Waals surface area contributed by atoms with E-state index in [0.29, 0.717) is 5.92 Å². The van der Waals surface area contributed by atoms with Gasteiger partial charge in [-0.25, -0.2) is 0 Å². The van der Waals surface area contributed by atoms with Gasteiger partial charge in [-0.2, -0.15) is 0 Å². The van der Waals surface area contributed by atoms with Gasteiger partial charge in [0.2, 0.25) is 5.91 Å². The van der Waals surface area contributed by atoms with Crippen LogP contribution in [-0.2, 0) is 4.79 Å². The zero-order chi connectivity index (χ0) is 17.3. The summed E-state index contributed by atoms with van der Waals surface area (Å²) in [6.07, 6.45) is 0.905. The van der Waals surface area contributed by atoms with Crippen LogP contribution in [0.3, 0.4) is 0 Å². The summed E-state index contributed by atoms with van der Waals surface area (Å²) >= 11 is 0. The fourth-order valence-electron chi connectivity index (χ4n) is 3.62. The molecule has 2 aromatic carbocycles. The number of para-hydroxylation sites is 1. The highest BCUT2D eigenvalue weighted by Crippen LogP contribution is 2.39. The van der Waals surface area contributed by atoms with Crippen molar-refractivity contribution in [2.75, 3.05) is 10.2 Å². The van der Waals surface area contributed by atoms with E-state index in [9.17, 15) is 4.79 Å². The normalized spacial score (nSPS) is 20.0. The number of fused-ring (bicyclic) bond motifs is 1. The second-order valence-corrected chi connectivity index (χ2v) is 7.01. The zero-order valence-corrected chi connectivity index (χ0v) is 14.9. The number of amides is 1. The SMILES string of the molecule is CC(=O)N1c2ccccc2C(Nc2cccc(C(C)C)c2)CC1C. The predicted octanol–water partition coefficient (Wildman–Crippen LogP) is 5.11. The smallest absolute Gasteiger partial charge is 0.224 e. The largest absolute Gasteiger partial charge is 0.378 e. The average molecular weight is 322 g/mol. The van der Waals surface area contributed by atoms with Crippen molar-refractivity contribution in [3.8, 4) is 0 Å². The molecule has 0 radical (unpaired) electrons. The molecule has 0 spiro atoms. The summed E-state index contributed by atoms with van der Waals surface area (Å²) in [5.74, 6) is 0.618. The molecule has 1 amide bonds. The fraction of sp³-hybridized carbons (Fsp3) is 0.381. The van der Waals surface area contributed by atoms with Crippen LogP contribution in [0.2, 0.25) is 0 Å². The van der Waals surface area contributed by atoms with Crippen molar-refractivity contribution >= 4 is 17.3 Å². The van der Waals surface area contributed by atoms with Crippen molar-refractivity contribution in [1.82, 2.24) is 0 Å². The Bertz CT molecular complexity index is 738. The maximum absolute atomic E-state index is 12.1. The number of carbonyl (C=O) groups is 1. The first-order valence-electron chi connectivity index (χ1n) is 8.72. The van der Waals surface area contributed by atoms with Crippen LogP contribution < -0.4 is 10.2 Å². The first-order valence-corrected chi connectivity index (χ1v) is 8.72. The van der Waals surface area contributed by atoms with Gasteiger partial charge in [-0.1, -0.05) is 44.2 Å². The fourth-order valence-corrected chi connectivity index (χ4v) is 3.62. The van der Waals surface area contributed by atoms with Crippen LogP contribution in [0.4, 0.5) is 11.4 Å². The summed E-state index contributed by atoms with van der Waals surface area (Å²) in [5.41, 5.74) is 4.70. The summed E-state index contributed by atoms with van der Waals surface area (Å²) in [4.78, 5) is 14.0. The van der Waals surface area contributed by atoms with Crippen molar-refractivity contribution in [2.24, 2.45) is 0 Å². The lowest BCUT2D eigenvalue weighted by atomic mass is 9.91. The second kappa shape index (κ2) is 6.68. The molecule has 0 aromatic heterocycles. The number of anilines is 2. The van der Waals surface area contributed by atoms with Crippen LogP contribution in [0.25, 0.3) is 0 Å². The standard InChI is InChI=1S/C21H26N2O/c1-14(2)17-8-7-9-18(13-17)22-20-12-15(3)23(16(4)24)21-11-6-5-10-19(20)21/h5-11,13-15,20,22H,12H2,1-4H3. The topological polar surface area (TPSA) is 32.3 Å². The van der Waals surface area contributed by atoms with E-state index in [1.165, 1.54) is 11.1 Å². The molecule has 3 rings (SSSR count). The molecule has 24 heavy (non-hydrogen) atoms. The van der Waals surface area contributed by atoms with Crippen molar-refractivity contribution in [3.05, 3.63) is 59.7 Å². The molecular weight excluding hydrogens is 296 g/mol. The maximum atomic E-state index is 12.1. The zero-order valence-electron chi connectivity index (χ0n) is 14.9. The van der Waals surface area contributed by atoms with Crippen LogP contribution in [0.5, 0.6) is 0 Å². The van der Waals surface area contributed by atoms with E-state index in [-0.39, 0.29) is 18.0 Å². The molecule has 0 saturated heterocycles. The minimum Gasteiger partial charge on any atom is -0.378 e. The van der Waals surface area contributed by atoms with Crippen molar-refractivity contribution in [1.29, 1.82) is 0 Å². The van der Waals surface area contributed by atoms with E-state index in [1.807, 2.05) is 23.1 Å². The average Bonchev–Trinajstić information content (AvgIpc) is 2.54. The molecule has 0 bridgehead atoms. The quantitative estimate of drug-likeness (QED) is 0.852. The van der Waals surface area contributed by atoms with Gasteiger partial charge in [-0.3, -0.25) is 4.79 Å². The molecule has 1 N–H and O–H groups in total. The highest BCUT2D eigenvalue weighted by Gasteiger charge is 2.31. The second-order valence-electron chi connectivity index (χ2n) is 7.01. The van der Waals surface area contributed by atoms with Gasteiger partial charge >= 0.3 is 0 Å². The van der Waals surface area contributed by atoms with Crippen LogP contribution in [0.15, 0.2) is 48.5 Å². The Hall–Kier alpha value is -2.29. The van der Waals surface area contributed by atoms with E-state index in [1.54, 1.807) is 6.92 Å². The highest BCUT2D eigenvalue weighted by molar-refractivity contribution is 5.93. The van der Waals surface area contributed by atoms with Gasteiger partial charge in [-0.15, -0.1) is 0 Å². The molecule has 1 aliphatic heterocycles. The molecule has 2 aromatic rings. The van der Waals surface area contributed by atoms with Crippen LogP contribution in [0.1, 0.15) is 57.2 Å². The molecule has 3 nitrogen and oxygen atoms in total. The molecule has 1 aliphatic rings. The third-order valence-corrected chi connectivity index (χ3v) is 4.82. The van der Waals surface area contributed by atoms with E-state index < -0.39 is 0 Å². The molecule has 0 aliphatic carbocycles. The summed E-state index contributed by atoms with van der Waals surface area (Å²) in [5, 5.41) is 3.68. The molecule has 0 saturated carbocycles. The third-order valence-electron chi connectivity index (χ3n) is 4.82. The van der Waals surface area contributed by atoms with Gasteiger partial charge < -0.3 is 10.2 Å². The van der Waals surface area contributed by atoms with Crippen LogP contribution in [0, 0.1) is 0 Å². The van der Waals surface area contributed by atoms with Gasteiger partial charge in [0.1, 0.15) is 0 Å². The molecule has 126 valence electrons. The molecule has 2 unspecified atom stereocenters. The minimum atomic E-state index is 0.107. The van der Waals surface area contributed by atoms with Crippen molar-refractivity contribution in [3.63, 3.8) is 0 Å². The Morgan fingerprint density at radius 2 is 1.92 bits per heavy atom. The van der Waals surface area contributed by atoms with Crippen molar-refractivity contribution < 1.29 is 4.79 Å². The number of carbonyl (C=O) groups excluding carboxylic acids is 1. The maximum Gasteiger partial charge on any atom is 0.224 e. The number of benzene rings is 2. The lowest BCUT2D eigenvalue weighted by Crippen LogP contribution is -2.43. The molecule has 1 heterocycles.